The lowest BCUT2D eigenvalue weighted by Gasteiger charge is -2.21. The van der Waals surface area contributed by atoms with Gasteiger partial charge in [-0.1, -0.05) is 0 Å². The molecule has 2 N–H and O–H groups in total. The molecule has 3 aromatic rings. The fourth-order valence-electron chi connectivity index (χ4n) is 2.62. The number of imidazole rings is 1. The second-order valence-corrected chi connectivity index (χ2v) is 9.75. The minimum atomic E-state index is -3.86. The third-order valence-electron chi connectivity index (χ3n) is 3.73. The van der Waals surface area contributed by atoms with Crippen LogP contribution in [0.2, 0.25) is 0 Å². The van der Waals surface area contributed by atoms with Crippen molar-refractivity contribution in [1.29, 1.82) is 0 Å². The van der Waals surface area contributed by atoms with Crippen molar-refractivity contribution in [2.45, 2.75) is 37.8 Å². The van der Waals surface area contributed by atoms with Gasteiger partial charge in [-0.3, -0.25) is 9.20 Å². The Balaban J connectivity index is 1.81. The fourth-order valence-corrected chi connectivity index (χ4v) is 4.95. The molecule has 28 heavy (non-hydrogen) atoms. The molecular formula is C18H22N4O4S2. The van der Waals surface area contributed by atoms with Crippen molar-refractivity contribution in [3.8, 4) is 5.75 Å². The maximum Gasteiger partial charge on any atom is 0.251 e. The number of sulfonamides is 1. The van der Waals surface area contributed by atoms with Gasteiger partial charge in [0.2, 0.25) is 10.0 Å². The van der Waals surface area contributed by atoms with Gasteiger partial charge in [-0.2, -0.15) is 0 Å². The van der Waals surface area contributed by atoms with Gasteiger partial charge in [-0.15, -0.1) is 11.3 Å². The molecule has 0 bridgehead atoms. The number of nitrogens with one attached hydrogen (secondary N) is 2. The number of benzene rings is 1. The number of thiazole rings is 1. The second kappa shape index (κ2) is 7.53. The molecule has 10 heteroatoms. The zero-order chi connectivity index (χ0) is 20.5. The number of hydrogen-bond acceptors (Lipinski definition) is 6. The topological polar surface area (TPSA) is 102 Å². The van der Waals surface area contributed by atoms with E-state index >= 15 is 0 Å². The summed E-state index contributed by atoms with van der Waals surface area (Å²) in [5.41, 5.74) is 0.267. The lowest BCUT2D eigenvalue weighted by molar-refractivity contribution is 0.0950. The smallest absolute Gasteiger partial charge is 0.251 e. The molecule has 2 aromatic heterocycles. The van der Waals surface area contributed by atoms with Crippen molar-refractivity contribution in [3.05, 3.63) is 47.2 Å². The van der Waals surface area contributed by atoms with E-state index in [1.54, 1.807) is 20.8 Å². The van der Waals surface area contributed by atoms with Crippen molar-refractivity contribution < 1.29 is 17.9 Å². The minimum absolute atomic E-state index is 0.0833. The van der Waals surface area contributed by atoms with E-state index in [-0.39, 0.29) is 22.8 Å². The molecule has 1 aromatic carbocycles. The van der Waals surface area contributed by atoms with Gasteiger partial charge in [0.15, 0.2) is 4.96 Å². The highest BCUT2D eigenvalue weighted by Gasteiger charge is 2.26. The van der Waals surface area contributed by atoms with Crippen LogP contribution in [0.5, 0.6) is 5.75 Å². The van der Waals surface area contributed by atoms with E-state index in [4.69, 9.17) is 4.74 Å². The third kappa shape index (κ3) is 4.51. The first-order valence-electron chi connectivity index (χ1n) is 8.50. The first kappa shape index (κ1) is 20.3. The summed E-state index contributed by atoms with van der Waals surface area (Å²) >= 11 is 1.50. The molecule has 0 unspecified atom stereocenters. The number of nitrogens with zero attached hydrogens (tertiary/aromatic N) is 2. The van der Waals surface area contributed by atoms with Gasteiger partial charge in [0.05, 0.1) is 19.3 Å². The minimum Gasteiger partial charge on any atom is -0.495 e. The number of aromatic nitrogens is 2. The van der Waals surface area contributed by atoms with Crippen LogP contribution >= 0.6 is 11.3 Å². The van der Waals surface area contributed by atoms with Gasteiger partial charge in [-0.25, -0.2) is 18.1 Å². The summed E-state index contributed by atoms with van der Waals surface area (Å²) in [5, 5.41) is 4.69. The summed E-state index contributed by atoms with van der Waals surface area (Å²) in [6, 6.07) is 4.31. The van der Waals surface area contributed by atoms with Gasteiger partial charge >= 0.3 is 0 Å². The van der Waals surface area contributed by atoms with E-state index < -0.39 is 21.5 Å². The number of carbonyl (C=O) groups excluding carboxylic acids is 1. The van der Waals surface area contributed by atoms with Gasteiger partial charge in [0.25, 0.3) is 5.91 Å². The van der Waals surface area contributed by atoms with E-state index in [0.717, 1.165) is 10.7 Å². The number of rotatable bonds is 6. The summed E-state index contributed by atoms with van der Waals surface area (Å²) in [5.74, 6) is -0.228. The van der Waals surface area contributed by atoms with Crippen LogP contribution in [0.15, 0.2) is 40.9 Å². The number of methoxy groups -OCH3 is 1. The van der Waals surface area contributed by atoms with E-state index in [0.29, 0.717) is 0 Å². The summed E-state index contributed by atoms with van der Waals surface area (Å²) in [4.78, 5) is 17.7. The van der Waals surface area contributed by atoms with Crippen LogP contribution in [0, 0.1) is 0 Å². The molecule has 1 amide bonds. The van der Waals surface area contributed by atoms with E-state index in [2.05, 4.69) is 15.0 Å². The van der Waals surface area contributed by atoms with E-state index in [1.807, 2.05) is 22.2 Å². The molecule has 3 rings (SSSR count). The lowest BCUT2D eigenvalue weighted by atomic mass is 10.1. The van der Waals surface area contributed by atoms with Gasteiger partial charge in [0.1, 0.15) is 10.6 Å². The molecule has 0 spiro atoms. The van der Waals surface area contributed by atoms with Gasteiger partial charge in [-0.05, 0) is 39.0 Å². The normalized spacial score (nSPS) is 12.3. The molecule has 2 heterocycles. The molecule has 150 valence electrons. The maximum absolute atomic E-state index is 12.7. The van der Waals surface area contributed by atoms with Crippen molar-refractivity contribution >= 4 is 32.2 Å². The number of amides is 1. The highest BCUT2D eigenvalue weighted by Crippen LogP contribution is 2.26. The molecule has 0 aliphatic rings. The van der Waals surface area contributed by atoms with E-state index in [1.165, 1.54) is 36.6 Å². The van der Waals surface area contributed by atoms with Crippen molar-refractivity contribution in [2.24, 2.45) is 0 Å². The Hall–Kier alpha value is -2.43. The Morgan fingerprint density at radius 3 is 2.71 bits per heavy atom. The Morgan fingerprint density at radius 1 is 1.32 bits per heavy atom. The average Bonchev–Trinajstić information content (AvgIpc) is 3.18. The number of ether oxygens (including phenoxy) is 1. The molecule has 0 saturated heterocycles. The lowest BCUT2D eigenvalue weighted by Crippen LogP contribution is -2.40. The van der Waals surface area contributed by atoms with Crippen LogP contribution in [-0.2, 0) is 16.6 Å². The average molecular weight is 423 g/mol. The third-order valence-corrected chi connectivity index (χ3v) is 6.28. The van der Waals surface area contributed by atoms with Crippen LogP contribution < -0.4 is 14.8 Å². The number of fused-ring (bicyclic) bond motifs is 1. The Kier molecular flexibility index (Phi) is 5.46. The highest BCUT2D eigenvalue weighted by molar-refractivity contribution is 7.89. The Bertz CT molecular complexity index is 1080. The molecule has 0 saturated carbocycles. The van der Waals surface area contributed by atoms with Gasteiger partial charge < -0.3 is 10.1 Å². The number of hydrogen-bond donors (Lipinski definition) is 2. The zero-order valence-corrected chi connectivity index (χ0v) is 17.6. The second-order valence-electron chi connectivity index (χ2n) is 7.23. The first-order valence-corrected chi connectivity index (χ1v) is 10.9. The molecular weight excluding hydrogens is 400 g/mol. The van der Waals surface area contributed by atoms with Crippen LogP contribution in [0.3, 0.4) is 0 Å². The predicted molar refractivity (Wildman–Crippen MR) is 107 cm³/mol. The molecule has 0 fully saturated rings. The van der Waals surface area contributed by atoms with Crippen molar-refractivity contribution in [2.75, 3.05) is 7.11 Å². The molecule has 0 radical (unpaired) electrons. The first-order chi connectivity index (χ1) is 13.1. The van der Waals surface area contributed by atoms with Gasteiger partial charge in [0, 0.05) is 28.9 Å². The molecule has 0 atom stereocenters. The van der Waals surface area contributed by atoms with E-state index in [9.17, 15) is 13.2 Å². The number of carbonyl (C=O) groups is 1. The molecule has 8 nitrogen and oxygen atoms in total. The highest BCUT2D eigenvalue weighted by atomic mass is 32.2. The largest absolute Gasteiger partial charge is 0.495 e. The van der Waals surface area contributed by atoms with Crippen LogP contribution in [0.25, 0.3) is 4.96 Å². The molecule has 0 aliphatic heterocycles. The fraction of sp³-hybridized carbons (Fsp3) is 0.333. The summed E-state index contributed by atoms with van der Waals surface area (Å²) in [6.45, 7) is 5.46. The zero-order valence-electron chi connectivity index (χ0n) is 16.0. The maximum atomic E-state index is 12.7. The van der Waals surface area contributed by atoms with Crippen LogP contribution in [0.4, 0.5) is 0 Å². The van der Waals surface area contributed by atoms with Crippen LogP contribution in [0.1, 0.15) is 36.8 Å². The van der Waals surface area contributed by atoms with Crippen molar-refractivity contribution in [1.82, 2.24) is 19.4 Å². The van der Waals surface area contributed by atoms with Crippen molar-refractivity contribution in [3.63, 3.8) is 0 Å². The Morgan fingerprint density at radius 2 is 2.07 bits per heavy atom. The quantitative estimate of drug-likeness (QED) is 0.635. The monoisotopic (exact) mass is 422 g/mol. The standard InChI is InChI=1S/C18H22N4O4S2/c1-18(2,3)21-28(24,25)15-9-12(5-6-14(15)26-4)16(23)19-10-13-11-22-7-8-27-17(22)20-13/h5-9,11,21H,10H2,1-4H3,(H,19,23). The van der Waals surface area contributed by atoms with Crippen LogP contribution in [-0.4, -0.2) is 36.4 Å². The summed E-state index contributed by atoms with van der Waals surface area (Å²) in [7, 11) is -2.48. The SMILES string of the molecule is COc1ccc(C(=O)NCc2cn3ccsc3n2)cc1S(=O)(=O)NC(C)(C)C. The molecule has 0 aliphatic carbocycles. The summed E-state index contributed by atoms with van der Waals surface area (Å²) in [6.07, 6.45) is 3.73. The Labute approximate surface area is 167 Å². The predicted octanol–water partition coefficient (Wildman–Crippen LogP) is 2.41. The summed E-state index contributed by atoms with van der Waals surface area (Å²) < 4.78 is 35.1.